The summed E-state index contributed by atoms with van der Waals surface area (Å²) in [6.07, 6.45) is 7.29. The van der Waals surface area contributed by atoms with Gasteiger partial charge in [0.1, 0.15) is 24.4 Å². The Labute approximate surface area is 175 Å². The largest absolute Gasteiger partial charge is 0.394 e. The Kier molecular flexibility index (Phi) is 17.4. The first kappa shape index (κ1) is 28.1. The molecule has 0 amide bonds. The van der Waals surface area contributed by atoms with Crippen molar-refractivity contribution in [2.75, 3.05) is 6.61 Å². The molecule has 0 aromatic rings. The zero-order valence-electron chi connectivity index (χ0n) is 18.0. The Morgan fingerprint density at radius 3 is 1.48 bits per heavy atom. The Bertz CT molecular complexity index is 427. The average molecular weight is 419 g/mol. The lowest BCUT2D eigenvalue weighted by molar-refractivity contribution is -0.154. The predicted octanol–water partition coefficient (Wildman–Crippen LogP) is 2.04. The molecule has 0 aliphatic rings. The van der Waals surface area contributed by atoms with E-state index in [4.69, 9.17) is 5.11 Å². The molecular weight excluding hydrogens is 376 g/mol. The van der Waals surface area contributed by atoms with E-state index in [1.807, 2.05) is 0 Å². The number of hydrogen-bond acceptors (Lipinski definition) is 7. The fourth-order valence-corrected chi connectivity index (χ4v) is 3.27. The third-order valence-electron chi connectivity index (χ3n) is 5.31. The molecule has 0 spiro atoms. The standard InChI is InChI=1S/C22H42O7/c1-2-3-4-5-6-7-8-9-10-11-12-13-14-15-17(24)19(26)21(28)22(29)20(27)18(25)16-23/h18,20-23,25,27-29H,2-16H2,1H3/t18-,20-,21-,22+/m1/s1. The lowest BCUT2D eigenvalue weighted by atomic mass is 9.96. The molecule has 0 aromatic carbocycles. The van der Waals surface area contributed by atoms with Gasteiger partial charge >= 0.3 is 0 Å². The summed E-state index contributed by atoms with van der Waals surface area (Å²) in [5.41, 5.74) is 0. The van der Waals surface area contributed by atoms with Crippen LogP contribution in [0.5, 0.6) is 0 Å². The maximum absolute atomic E-state index is 11.8. The molecule has 0 aromatic heterocycles. The minimum Gasteiger partial charge on any atom is -0.394 e. The number of aliphatic hydroxyl groups excluding tert-OH is 5. The highest BCUT2D eigenvalue weighted by atomic mass is 16.4. The summed E-state index contributed by atoms with van der Waals surface area (Å²) in [7, 11) is 0. The summed E-state index contributed by atoms with van der Waals surface area (Å²) in [6, 6.07) is 0. The van der Waals surface area contributed by atoms with Gasteiger partial charge < -0.3 is 25.5 Å². The van der Waals surface area contributed by atoms with Gasteiger partial charge in [0, 0.05) is 6.42 Å². The van der Waals surface area contributed by atoms with Crippen molar-refractivity contribution in [3.8, 4) is 0 Å². The van der Waals surface area contributed by atoms with E-state index in [0.717, 1.165) is 19.3 Å². The lowest BCUT2D eigenvalue weighted by Crippen LogP contribution is -2.50. The SMILES string of the molecule is CCCCCCCCCCCCCCCC(=O)C(=O)[C@@H](O)[C@@H](O)[C@H](O)[C@H](O)CO. The van der Waals surface area contributed by atoms with Crippen LogP contribution >= 0.6 is 0 Å². The minimum atomic E-state index is -2.11. The minimum absolute atomic E-state index is 0.0149. The van der Waals surface area contributed by atoms with Crippen molar-refractivity contribution < 1.29 is 35.1 Å². The van der Waals surface area contributed by atoms with Crippen LogP contribution < -0.4 is 0 Å². The van der Waals surface area contributed by atoms with E-state index in [9.17, 15) is 30.0 Å². The van der Waals surface area contributed by atoms with Gasteiger partial charge in [0.25, 0.3) is 0 Å². The van der Waals surface area contributed by atoms with E-state index in [1.165, 1.54) is 57.8 Å². The number of ketones is 2. The Balaban J connectivity index is 3.74. The van der Waals surface area contributed by atoms with Gasteiger partial charge in [0.15, 0.2) is 0 Å². The van der Waals surface area contributed by atoms with Crippen LogP contribution in [0.3, 0.4) is 0 Å². The monoisotopic (exact) mass is 418 g/mol. The number of Topliss-reactive ketones (excluding diaryl/α,β-unsaturated/α-hetero) is 2. The van der Waals surface area contributed by atoms with E-state index in [2.05, 4.69) is 6.92 Å². The van der Waals surface area contributed by atoms with Crippen molar-refractivity contribution in [2.24, 2.45) is 0 Å². The predicted molar refractivity (Wildman–Crippen MR) is 111 cm³/mol. The Hall–Kier alpha value is -0.860. The van der Waals surface area contributed by atoms with Crippen LogP contribution in [0, 0.1) is 0 Å². The number of hydrogen-bond donors (Lipinski definition) is 5. The first-order chi connectivity index (χ1) is 13.9. The number of unbranched alkanes of at least 4 members (excludes halogenated alkanes) is 12. The smallest absolute Gasteiger partial charge is 0.229 e. The third-order valence-corrected chi connectivity index (χ3v) is 5.31. The van der Waals surface area contributed by atoms with Crippen LogP contribution in [0.4, 0.5) is 0 Å². The summed E-state index contributed by atoms with van der Waals surface area (Å²) in [6.45, 7) is 1.38. The van der Waals surface area contributed by atoms with Gasteiger partial charge in [-0.3, -0.25) is 9.59 Å². The van der Waals surface area contributed by atoms with E-state index < -0.39 is 42.6 Å². The van der Waals surface area contributed by atoms with Crippen molar-refractivity contribution >= 4 is 11.6 Å². The molecule has 0 heterocycles. The van der Waals surface area contributed by atoms with E-state index >= 15 is 0 Å². The van der Waals surface area contributed by atoms with Crippen LogP contribution in [0.1, 0.15) is 96.8 Å². The molecule has 29 heavy (non-hydrogen) atoms. The molecule has 0 saturated carbocycles. The topological polar surface area (TPSA) is 135 Å². The van der Waals surface area contributed by atoms with Crippen molar-refractivity contribution in [2.45, 2.75) is 121 Å². The van der Waals surface area contributed by atoms with Gasteiger partial charge in [-0.2, -0.15) is 0 Å². The van der Waals surface area contributed by atoms with E-state index in [-0.39, 0.29) is 6.42 Å². The summed E-state index contributed by atoms with van der Waals surface area (Å²) in [4.78, 5) is 23.7. The molecule has 0 unspecified atom stereocenters. The molecule has 0 rings (SSSR count). The van der Waals surface area contributed by atoms with Crippen LogP contribution in [-0.4, -0.2) is 68.1 Å². The van der Waals surface area contributed by atoms with Crippen LogP contribution in [0.15, 0.2) is 0 Å². The molecule has 172 valence electrons. The fourth-order valence-electron chi connectivity index (χ4n) is 3.27. The van der Waals surface area contributed by atoms with Gasteiger partial charge in [0.05, 0.1) is 6.61 Å². The first-order valence-corrected chi connectivity index (χ1v) is 11.3. The number of carbonyl (C=O) groups is 2. The van der Waals surface area contributed by atoms with Gasteiger partial charge in [-0.15, -0.1) is 0 Å². The maximum atomic E-state index is 11.8. The van der Waals surface area contributed by atoms with Crippen molar-refractivity contribution in [1.82, 2.24) is 0 Å². The molecule has 5 N–H and O–H groups in total. The number of rotatable bonds is 20. The van der Waals surface area contributed by atoms with Crippen molar-refractivity contribution in [3.63, 3.8) is 0 Å². The van der Waals surface area contributed by atoms with E-state index in [1.54, 1.807) is 0 Å². The summed E-state index contributed by atoms with van der Waals surface area (Å²) in [5.74, 6) is -1.98. The summed E-state index contributed by atoms with van der Waals surface area (Å²) < 4.78 is 0. The van der Waals surface area contributed by atoms with Crippen molar-refractivity contribution in [3.05, 3.63) is 0 Å². The molecule has 4 atom stereocenters. The third kappa shape index (κ3) is 13.1. The summed E-state index contributed by atoms with van der Waals surface area (Å²) >= 11 is 0. The van der Waals surface area contributed by atoms with Crippen LogP contribution in [-0.2, 0) is 9.59 Å². The van der Waals surface area contributed by atoms with Gasteiger partial charge in [-0.25, -0.2) is 0 Å². The molecule has 7 nitrogen and oxygen atoms in total. The van der Waals surface area contributed by atoms with Gasteiger partial charge in [-0.05, 0) is 6.42 Å². The fraction of sp³-hybridized carbons (Fsp3) is 0.909. The number of carbonyl (C=O) groups excluding carboxylic acids is 2. The molecule has 0 saturated heterocycles. The molecule has 0 aliphatic heterocycles. The zero-order valence-corrected chi connectivity index (χ0v) is 18.0. The second-order valence-corrected chi connectivity index (χ2v) is 7.96. The second-order valence-electron chi connectivity index (χ2n) is 7.96. The maximum Gasteiger partial charge on any atom is 0.229 e. The molecule has 7 heteroatoms. The number of aliphatic hydroxyl groups is 5. The van der Waals surface area contributed by atoms with Crippen LogP contribution in [0.25, 0.3) is 0 Å². The lowest BCUT2D eigenvalue weighted by Gasteiger charge is -2.24. The molecule has 0 aliphatic carbocycles. The average Bonchev–Trinajstić information content (AvgIpc) is 2.73. The second kappa shape index (κ2) is 18.0. The van der Waals surface area contributed by atoms with Gasteiger partial charge in [-0.1, -0.05) is 84.0 Å². The zero-order chi connectivity index (χ0) is 22.1. The molecule has 0 bridgehead atoms. The highest BCUT2D eigenvalue weighted by Crippen LogP contribution is 2.14. The summed E-state index contributed by atoms with van der Waals surface area (Å²) in [5, 5.41) is 46.8. The molecule has 0 fully saturated rings. The Morgan fingerprint density at radius 2 is 1.07 bits per heavy atom. The molecular formula is C22H42O7. The van der Waals surface area contributed by atoms with Crippen LogP contribution in [0.2, 0.25) is 0 Å². The highest BCUT2D eigenvalue weighted by Gasteiger charge is 2.36. The quantitative estimate of drug-likeness (QED) is 0.151. The normalized spacial score (nSPS) is 15.7. The first-order valence-electron chi connectivity index (χ1n) is 11.3. The highest BCUT2D eigenvalue weighted by molar-refractivity contribution is 6.38. The van der Waals surface area contributed by atoms with E-state index in [0.29, 0.717) is 6.42 Å². The Morgan fingerprint density at radius 1 is 0.655 bits per heavy atom. The van der Waals surface area contributed by atoms with Crippen molar-refractivity contribution in [1.29, 1.82) is 0 Å². The van der Waals surface area contributed by atoms with Gasteiger partial charge in [0.2, 0.25) is 11.6 Å². The molecule has 0 radical (unpaired) electrons.